The van der Waals surface area contributed by atoms with Crippen molar-refractivity contribution in [3.05, 3.63) is 35.9 Å². The molecule has 15 heavy (non-hydrogen) atoms. The summed E-state index contributed by atoms with van der Waals surface area (Å²) in [6.07, 6.45) is 0. The standard InChI is InChI=1S/C12H19NO2/c1-10(8-14)7-13-12(9-15)11-5-3-2-4-6-11/h2-6,10,12-15H,7-9H2,1H3. The van der Waals surface area contributed by atoms with Crippen LogP contribution in [-0.4, -0.2) is 30.0 Å². The smallest absolute Gasteiger partial charge is 0.0626 e. The van der Waals surface area contributed by atoms with E-state index in [9.17, 15) is 5.11 Å². The van der Waals surface area contributed by atoms with Crippen molar-refractivity contribution < 1.29 is 10.2 Å². The van der Waals surface area contributed by atoms with E-state index in [4.69, 9.17) is 5.11 Å². The van der Waals surface area contributed by atoms with Crippen LogP contribution in [0, 0.1) is 5.92 Å². The zero-order valence-corrected chi connectivity index (χ0v) is 9.06. The fourth-order valence-corrected chi connectivity index (χ4v) is 1.38. The molecule has 0 aliphatic carbocycles. The molecule has 2 atom stereocenters. The summed E-state index contributed by atoms with van der Waals surface area (Å²) in [5.74, 6) is 0.211. The number of rotatable bonds is 6. The van der Waals surface area contributed by atoms with Crippen molar-refractivity contribution in [3.63, 3.8) is 0 Å². The number of hydrogen-bond donors (Lipinski definition) is 3. The Hall–Kier alpha value is -0.900. The van der Waals surface area contributed by atoms with Gasteiger partial charge in [0.25, 0.3) is 0 Å². The van der Waals surface area contributed by atoms with Gasteiger partial charge in [0, 0.05) is 13.2 Å². The van der Waals surface area contributed by atoms with Crippen molar-refractivity contribution >= 4 is 0 Å². The Morgan fingerprint density at radius 1 is 1.13 bits per heavy atom. The SMILES string of the molecule is CC(CO)CNC(CO)c1ccccc1. The van der Waals surface area contributed by atoms with Gasteiger partial charge in [-0.1, -0.05) is 37.3 Å². The van der Waals surface area contributed by atoms with E-state index in [2.05, 4.69) is 5.32 Å². The largest absolute Gasteiger partial charge is 0.396 e. The minimum absolute atomic E-state index is 0.0415. The van der Waals surface area contributed by atoms with Crippen LogP contribution in [0.1, 0.15) is 18.5 Å². The van der Waals surface area contributed by atoms with E-state index in [1.54, 1.807) is 0 Å². The third-order valence-electron chi connectivity index (χ3n) is 2.41. The quantitative estimate of drug-likeness (QED) is 0.653. The maximum absolute atomic E-state index is 9.24. The predicted molar refractivity (Wildman–Crippen MR) is 60.5 cm³/mol. The predicted octanol–water partition coefficient (Wildman–Crippen LogP) is 0.938. The van der Waals surface area contributed by atoms with Crippen LogP contribution < -0.4 is 5.32 Å². The maximum Gasteiger partial charge on any atom is 0.0626 e. The zero-order chi connectivity index (χ0) is 11.1. The highest BCUT2D eigenvalue weighted by Crippen LogP contribution is 2.11. The molecule has 3 N–H and O–H groups in total. The second-order valence-corrected chi connectivity index (χ2v) is 3.84. The molecule has 0 aliphatic heterocycles. The minimum atomic E-state index is -0.0415. The van der Waals surface area contributed by atoms with Gasteiger partial charge >= 0.3 is 0 Å². The second kappa shape index (κ2) is 6.56. The van der Waals surface area contributed by atoms with E-state index in [0.717, 1.165) is 5.56 Å². The van der Waals surface area contributed by atoms with Crippen LogP contribution in [0.25, 0.3) is 0 Å². The Bertz CT molecular complexity index is 264. The van der Waals surface area contributed by atoms with Gasteiger partial charge in [-0.05, 0) is 11.5 Å². The van der Waals surface area contributed by atoms with E-state index < -0.39 is 0 Å². The lowest BCUT2D eigenvalue weighted by molar-refractivity contribution is 0.209. The molecule has 2 unspecified atom stereocenters. The molecule has 0 radical (unpaired) electrons. The van der Waals surface area contributed by atoms with Gasteiger partial charge in [-0.15, -0.1) is 0 Å². The first-order chi connectivity index (χ1) is 7.27. The summed E-state index contributed by atoms with van der Waals surface area (Å²) in [5, 5.41) is 21.4. The highest BCUT2D eigenvalue weighted by molar-refractivity contribution is 5.18. The summed E-state index contributed by atoms with van der Waals surface area (Å²) in [5.41, 5.74) is 1.07. The summed E-state index contributed by atoms with van der Waals surface area (Å²) < 4.78 is 0. The highest BCUT2D eigenvalue weighted by Gasteiger charge is 2.10. The van der Waals surface area contributed by atoms with Crippen molar-refractivity contribution in [2.75, 3.05) is 19.8 Å². The zero-order valence-electron chi connectivity index (χ0n) is 9.06. The monoisotopic (exact) mass is 209 g/mol. The molecule has 3 heteroatoms. The highest BCUT2D eigenvalue weighted by atomic mass is 16.3. The Balaban J connectivity index is 2.50. The third-order valence-corrected chi connectivity index (χ3v) is 2.41. The molecule has 3 nitrogen and oxygen atoms in total. The molecule has 1 aromatic carbocycles. The molecule has 0 spiro atoms. The number of aliphatic hydroxyl groups excluding tert-OH is 2. The average Bonchev–Trinajstić information content (AvgIpc) is 2.31. The third kappa shape index (κ3) is 4.00. The molecule has 1 aromatic rings. The lowest BCUT2D eigenvalue weighted by atomic mass is 10.1. The lowest BCUT2D eigenvalue weighted by Crippen LogP contribution is -2.29. The molecule has 84 valence electrons. The van der Waals surface area contributed by atoms with Gasteiger partial charge in [-0.3, -0.25) is 0 Å². The molecular formula is C12H19NO2. The van der Waals surface area contributed by atoms with Crippen LogP contribution in [-0.2, 0) is 0 Å². The number of aliphatic hydroxyl groups is 2. The molecule has 0 saturated heterocycles. The Morgan fingerprint density at radius 2 is 1.80 bits per heavy atom. The van der Waals surface area contributed by atoms with Gasteiger partial charge in [0.1, 0.15) is 0 Å². The van der Waals surface area contributed by atoms with E-state index in [0.29, 0.717) is 6.54 Å². The first-order valence-electron chi connectivity index (χ1n) is 5.28. The molecule has 0 saturated carbocycles. The molecular weight excluding hydrogens is 190 g/mol. The summed E-state index contributed by atoms with van der Waals surface area (Å²) >= 11 is 0. The molecule has 0 heterocycles. The van der Waals surface area contributed by atoms with Crippen LogP contribution in [0.2, 0.25) is 0 Å². The fourth-order valence-electron chi connectivity index (χ4n) is 1.38. The van der Waals surface area contributed by atoms with E-state index in [1.165, 1.54) is 0 Å². The van der Waals surface area contributed by atoms with Gasteiger partial charge in [0.2, 0.25) is 0 Å². The van der Waals surface area contributed by atoms with Crippen LogP contribution in [0.15, 0.2) is 30.3 Å². The normalized spacial score (nSPS) is 14.9. The molecule has 0 aliphatic rings. The van der Waals surface area contributed by atoms with Crippen molar-refractivity contribution in [2.45, 2.75) is 13.0 Å². The van der Waals surface area contributed by atoms with Gasteiger partial charge < -0.3 is 15.5 Å². The van der Waals surface area contributed by atoms with Crippen molar-refractivity contribution in [2.24, 2.45) is 5.92 Å². The summed E-state index contributed by atoms with van der Waals surface area (Å²) in [6.45, 7) is 2.91. The van der Waals surface area contributed by atoms with E-state index in [-0.39, 0.29) is 25.2 Å². The molecule has 0 amide bonds. The van der Waals surface area contributed by atoms with Crippen molar-refractivity contribution in [3.8, 4) is 0 Å². The lowest BCUT2D eigenvalue weighted by Gasteiger charge is -2.18. The van der Waals surface area contributed by atoms with Gasteiger partial charge in [-0.25, -0.2) is 0 Å². The first-order valence-corrected chi connectivity index (χ1v) is 5.28. The molecule has 0 aromatic heterocycles. The molecule has 1 rings (SSSR count). The Morgan fingerprint density at radius 3 is 2.33 bits per heavy atom. The van der Waals surface area contributed by atoms with E-state index in [1.807, 2.05) is 37.3 Å². The first kappa shape index (κ1) is 12.2. The second-order valence-electron chi connectivity index (χ2n) is 3.84. The van der Waals surface area contributed by atoms with Crippen molar-refractivity contribution in [1.82, 2.24) is 5.32 Å². The number of nitrogens with one attached hydrogen (secondary N) is 1. The van der Waals surface area contributed by atoms with E-state index >= 15 is 0 Å². The topological polar surface area (TPSA) is 52.5 Å². The van der Waals surface area contributed by atoms with Gasteiger partial charge in [0.05, 0.1) is 12.6 Å². The average molecular weight is 209 g/mol. The number of benzene rings is 1. The van der Waals surface area contributed by atoms with Crippen LogP contribution in [0.4, 0.5) is 0 Å². The minimum Gasteiger partial charge on any atom is -0.396 e. The maximum atomic E-state index is 9.24. The van der Waals surface area contributed by atoms with Gasteiger partial charge in [0.15, 0.2) is 0 Å². The molecule has 0 fully saturated rings. The Kier molecular flexibility index (Phi) is 5.32. The summed E-state index contributed by atoms with van der Waals surface area (Å²) in [7, 11) is 0. The Labute approximate surface area is 90.8 Å². The van der Waals surface area contributed by atoms with Crippen LogP contribution >= 0.6 is 0 Å². The summed E-state index contributed by atoms with van der Waals surface area (Å²) in [4.78, 5) is 0. The van der Waals surface area contributed by atoms with Crippen molar-refractivity contribution in [1.29, 1.82) is 0 Å². The fraction of sp³-hybridized carbons (Fsp3) is 0.500. The van der Waals surface area contributed by atoms with Gasteiger partial charge in [-0.2, -0.15) is 0 Å². The number of hydrogen-bond acceptors (Lipinski definition) is 3. The van der Waals surface area contributed by atoms with Crippen LogP contribution in [0.3, 0.4) is 0 Å². The summed E-state index contributed by atoms with van der Waals surface area (Å²) in [6, 6.07) is 9.79. The molecule has 0 bridgehead atoms. The van der Waals surface area contributed by atoms with Crippen LogP contribution in [0.5, 0.6) is 0 Å².